The molecular weight excluding hydrogens is 260 g/mol. The molecule has 0 spiro atoms. The van der Waals surface area contributed by atoms with Crippen molar-refractivity contribution in [3.63, 3.8) is 0 Å². The Kier molecular flexibility index (Phi) is 4.08. The quantitative estimate of drug-likeness (QED) is 0.671. The van der Waals surface area contributed by atoms with Crippen LogP contribution in [0.1, 0.15) is 38.7 Å². The van der Waals surface area contributed by atoms with Crippen LogP contribution in [-0.4, -0.2) is 22.0 Å². The highest BCUT2D eigenvalue weighted by molar-refractivity contribution is 5.81. The number of nitrogen functional groups attached to an aromatic ring is 1. The van der Waals surface area contributed by atoms with Gasteiger partial charge < -0.3 is 5.43 Å². The molecule has 2 atom stereocenters. The van der Waals surface area contributed by atoms with E-state index in [1.54, 1.807) is 0 Å². The van der Waals surface area contributed by atoms with Crippen LogP contribution in [-0.2, 0) is 6.54 Å². The maximum atomic E-state index is 5.69. The van der Waals surface area contributed by atoms with Crippen molar-refractivity contribution in [2.45, 2.75) is 51.7 Å². The largest absolute Gasteiger partial charge is 0.308 e. The third kappa shape index (κ3) is 2.87. The lowest BCUT2D eigenvalue weighted by Crippen LogP contribution is -2.43. The van der Waals surface area contributed by atoms with Gasteiger partial charge in [0.1, 0.15) is 5.82 Å². The molecule has 112 valence electrons. The maximum absolute atomic E-state index is 5.69. The van der Waals surface area contributed by atoms with E-state index in [1.807, 2.05) is 12.1 Å². The fraction of sp³-hybridized carbons (Fsp3) is 0.471. The number of anilines is 1. The molecule has 1 aromatic carbocycles. The van der Waals surface area contributed by atoms with Crippen molar-refractivity contribution in [1.29, 1.82) is 0 Å². The van der Waals surface area contributed by atoms with Gasteiger partial charge in [-0.15, -0.1) is 0 Å². The van der Waals surface area contributed by atoms with E-state index in [0.717, 1.165) is 17.9 Å². The summed E-state index contributed by atoms with van der Waals surface area (Å²) >= 11 is 0. The predicted octanol–water partition coefficient (Wildman–Crippen LogP) is 3.28. The van der Waals surface area contributed by atoms with Gasteiger partial charge in [-0.25, -0.2) is 10.8 Å². The predicted molar refractivity (Wildman–Crippen MR) is 87.9 cm³/mol. The van der Waals surface area contributed by atoms with Crippen LogP contribution in [0.2, 0.25) is 0 Å². The van der Waals surface area contributed by atoms with Crippen LogP contribution in [0.5, 0.6) is 0 Å². The standard InChI is InChI=1S/C17H24N4/c1-12-6-5-7-13(2)21(12)11-15-10-14-8-3-4-9-16(14)19-17(15)20-18/h3-4,8-10,12-13H,5-7,11,18H2,1-2H3,(H,19,20)/t12-,13+. The number of hydrogen-bond acceptors (Lipinski definition) is 4. The number of nitrogens with two attached hydrogens (primary N) is 1. The minimum Gasteiger partial charge on any atom is -0.308 e. The van der Waals surface area contributed by atoms with E-state index >= 15 is 0 Å². The molecule has 3 N–H and O–H groups in total. The lowest BCUT2D eigenvalue weighted by molar-refractivity contribution is 0.0954. The first kappa shape index (κ1) is 14.3. The number of hydrogen-bond donors (Lipinski definition) is 2. The topological polar surface area (TPSA) is 54.2 Å². The number of nitrogens with zero attached hydrogens (tertiary/aromatic N) is 2. The van der Waals surface area contributed by atoms with E-state index in [4.69, 9.17) is 5.84 Å². The molecule has 4 nitrogen and oxygen atoms in total. The number of nitrogens with one attached hydrogen (secondary N) is 1. The van der Waals surface area contributed by atoms with Crippen LogP contribution in [0, 0.1) is 0 Å². The summed E-state index contributed by atoms with van der Waals surface area (Å²) in [5.74, 6) is 6.48. The molecule has 0 unspecified atom stereocenters. The zero-order chi connectivity index (χ0) is 14.8. The number of hydrazine groups is 1. The second-order valence-corrected chi connectivity index (χ2v) is 6.13. The fourth-order valence-electron chi connectivity index (χ4n) is 3.39. The lowest BCUT2D eigenvalue weighted by atomic mass is 9.96. The number of aromatic nitrogens is 1. The van der Waals surface area contributed by atoms with E-state index in [-0.39, 0.29) is 0 Å². The van der Waals surface area contributed by atoms with Gasteiger partial charge in [0.2, 0.25) is 0 Å². The lowest BCUT2D eigenvalue weighted by Gasteiger charge is -2.39. The van der Waals surface area contributed by atoms with E-state index in [9.17, 15) is 0 Å². The Hall–Kier alpha value is -1.65. The van der Waals surface area contributed by atoms with Gasteiger partial charge in [0.15, 0.2) is 0 Å². The molecular formula is C17H24N4. The SMILES string of the molecule is C[C@@H]1CCC[C@H](C)N1Cc1cc2ccccc2nc1NN. The summed E-state index contributed by atoms with van der Waals surface area (Å²) < 4.78 is 0. The molecule has 0 bridgehead atoms. The number of fused-ring (bicyclic) bond motifs is 1. The van der Waals surface area contributed by atoms with E-state index in [1.165, 1.54) is 30.2 Å². The summed E-state index contributed by atoms with van der Waals surface area (Å²) in [7, 11) is 0. The Morgan fingerprint density at radius 1 is 1.24 bits per heavy atom. The minimum absolute atomic E-state index is 0.617. The third-order valence-electron chi connectivity index (χ3n) is 4.67. The van der Waals surface area contributed by atoms with Crippen molar-refractivity contribution >= 4 is 16.7 Å². The fourth-order valence-corrected chi connectivity index (χ4v) is 3.39. The van der Waals surface area contributed by atoms with Gasteiger partial charge in [0.05, 0.1) is 5.52 Å². The second-order valence-electron chi connectivity index (χ2n) is 6.13. The van der Waals surface area contributed by atoms with Crippen LogP contribution in [0.15, 0.2) is 30.3 Å². The van der Waals surface area contributed by atoms with E-state index in [2.05, 4.69) is 47.4 Å². The highest BCUT2D eigenvalue weighted by Gasteiger charge is 2.25. The molecule has 0 aliphatic carbocycles. The molecule has 1 aromatic heterocycles. The van der Waals surface area contributed by atoms with Gasteiger partial charge in [-0.1, -0.05) is 24.6 Å². The Bertz CT molecular complexity index is 615. The monoisotopic (exact) mass is 284 g/mol. The van der Waals surface area contributed by atoms with Gasteiger partial charge in [0.25, 0.3) is 0 Å². The number of benzene rings is 1. The van der Waals surface area contributed by atoms with Gasteiger partial charge in [-0.05, 0) is 38.8 Å². The summed E-state index contributed by atoms with van der Waals surface area (Å²) in [5.41, 5.74) is 4.93. The van der Waals surface area contributed by atoms with Gasteiger partial charge >= 0.3 is 0 Å². The average molecular weight is 284 g/mol. The Labute approximate surface area is 126 Å². The van der Waals surface area contributed by atoms with Crippen LogP contribution >= 0.6 is 0 Å². The van der Waals surface area contributed by atoms with Crippen LogP contribution in [0.25, 0.3) is 10.9 Å². The maximum Gasteiger partial charge on any atom is 0.145 e. The molecule has 1 aliphatic heterocycles. The number of pyridine rings is 1. The first-order valence-electron chi connectivity index (χ1n) is 7.80. The molecule has 0 saturated carbocycles. The van der Waals surface area contributed by atoms with Crippen molar-refractivity contribution in [3.05, 3.63) is 35.9 Å². The molecule has 1 saturated heterocycles. The zero-order valence-corrected chi connectivity index (χ0v) is 12.8. The number of likely N-dealkylation sites (tertiary alicyclic amines) is 1. The molecule has 0 radical (unpaired) electrons. The highest BCUT2D eigenvalue weighted by Crippen LogP contribution is 2.27. The summed E-state index contributed by atoms with van der Waals surface area (Å²) in [6.07, 6.45) is 3.88. The Balaban J connectivity index is 1.95. The van der Waals surface area contributed by atoms with Crippen molar-refractivity contribution in [3.8, 4) is 0 Å². The Morgan fingerprint density at radius 2 is 1.95 bits per heavy atom. The summed E-state index contributed by atoms with van der Waals surface area (Å²) in [4.78, 5) is 7.21. The molecule has 1 fully saturated rings. The van der Waals surface area contributed by atoms with E-state index in [0.29, 0.717) is 12.1 Å². The van der Waals surface area contributed by atoms with Crippen LogP contribution < -0.4 is 11.3 Å². The number of piperidine rings is 1. The zero-order valence-electron chi connectivity index (χ0n) is 12.8. The van der Waals surface area contributed by atoms with Gasteiger partial charge in [-0.3, -0.25) is 4.90 Å². The van der Waals surface area contributed by atoms with Crippen molar-refractivity contribution in [1.82, 2.24) is 9.88 Å². The molecule has 1 aliphatic rings. The summed E-state index contributed by atoms with van der Waals surface area (Å²) in [6.45, 7) is 5.54. The second kappa shape index (κ2) is 6.00. The summed E-state index contributed by atoms with van der Waals surface area (Å²) in [6, 6.07) is 11.6. The first-order chi connectivity index (χ1) is 10.2. The molecule has 4 heteroatoms. The van der Waals surface area contributed by atoms with Gasteiger partial charge in [-0.2, -0.15) is 0 Å². The van der Waals surface area contributed by atoms with Gasteiger partial charge in [0, 0.05) is 29.6 Å². The first-order valence-corrected chi connectivity index (χ1v) is 7.80. The average Bonchev–Trinajstić information content (AvgIpc) is 2.50. The summed E-state index contributed by atoms with van der Waals surface area (Å²) in [5, 5.41) is 1.17. The number of para-hydroxylation sites is 1. The molecule has 21 heavy (non-hydrogen) atoms. The molecule has 3 rings (SSSR count). The Morgan fingerprint density at radius 3 is 2.67 bits per heavy atom. The number of rotatable bonds is 3. The normalized spacial score (nSPS) is 23.4. The van der Waals surface area contributed by atoms with Crippen LogP contribution in [0.4, 0.5) is 5.82 Å². The third-order valence-corrected chi connectivity index (χ3v) is 4.67. The molecule has 2 heterocycles. The molecule has 2 aromatic rings. The van der Waals surface area contributed by atoms with Crippen molar-refractivity contribution < 1.29 is 0 Å². The van der Waals surface area contributed by atoms with E-state index < -0.39 is 0 Å². The highest BCUT2D eigenvalue weighted by atomic mass is 15.3. The minimum atomic E-state index is 0.617. The van der Waals surface area contributed by atoms with Crippen molar-refractivity contribution in [2.75, 3.05) is 5.43 Å². The van der Waals surface area contributed by atoms with Crippen molar-refractivity contribution in [2.24, 2.45) is 5.84 Å². The smallest absolute Gasteiger partial charge is 0.145 e. The molecule has 0 amide bonds. The van der Waals surface area contributed by atoms with Crippen LogP contribution in [0.3, 0.4) is 0 Å².